The summed E-state index contributed by atoms with van der Waals surface area (Å²) in [5.74, 6) is -2.53. The van der Waals surface area contributed by atoms with Gasteiger partial charge in [-0.2, -0.15) is 14.4 Å². The molecule has 0 N–H and O–H groups in total. The zero-order chi connectivity index (χ0) is 14.5. The van der Waals surface area contributed by atoms with Crippen LogP contribution >= 0.6 is 11.6 Å². The van der Waals surface area contributed by atoms with E-state index in [0.717, 1.165) is 12.5 Å². The van der Waals surface area contributed by atoms with E-state index in [2.05, 4.69) is 15.0 Å². The number of benzene rings is 1. The van der Waals surface area contributed by atoms with Crippen molar-refractivity contribution in [2.75, 3.05) is 6.61 Å². The van der Waals surface area contributed by atoms with Crippen molar-refractivity contribution in [1.29, 1.82) is 0 Å². The molecule has 2 rings (SSSR count). The summed E-state index contributed by atoms with van der Waals surface area (Å²) in [6.07, 6.45) is 0.748. The van der Waals surface area contributed by atoms with Gasteiger partial charge in [0.1, 0.15) is 0 Å². The van der Waals surface area contributed by atoms with Gasteiger partial charge in [-0.15, -0.1) is 4.98 Å². The van der Waals surface area contributed by atoms with Crippen molar-refractivity contribution in [2.45, 2.75) is 13.3 Å². The number of hydrogen-bond donors (Lipinski definition) is 0. The molecule has 0 atom stereocenters. The highest BCUT2D eigenvalue weighted by Crippen LogP contribution is 2.24. The number of aromatic nitrogens is 3. The Morgan fingerprint density at radius 2 is 1.90 bits per heavy atom. The average molecular weight is 302 g/mol. The SMILES string of the molecule is CCCOc1nc(Cl)nc(Oc2cccc(F)c2F)n1. The third-order valence-corrected chi connectivity index (χ3v) is 2.29. The van der Waals surface area contributed by atoms with Gasteiger partial charge in [0.25, 0.3) is 0 Å². The average Bonchev–Trinajstić information content (AvgIpc) is 2.41. The van der Waals surface area contributed by atoms with E-state index in [4.69, 9.17) is 21.1 Å². The van der Waals surface area contributed by atoms with Gasteiger partial charge in [-0.1, -0.05) is 13.0 Å². The lowest BCUT2D eigenvalue weighted by molar-refractivity contribution is 0.283. The Morgan fingerprint density at radius 3 is 2.65 bits per heavy atom. The number of rotatable bonds is 5. The van der Waals surface area contributed by atoms with Gasteiger partial charge < -0.3 is 9.47 Å². The van der Waals surface area contributed by atoms with Gasteiger partial charge in [-0.3, -0.25) is 0 Å². The van der Waals surface area contributed by atoms with Crippen LogP contribution in [-0.2, 0) is 0 Å². The molecule has 0 unspecified atom stereocenters. The normalized spacial score (nSPS) is 10.4. The molecule has 0 spiro atoms. The molecule has 0 fully saturated rings. The van der Waals surface area contributed by atoms with Crippen molar-refractivity contribution >= 4 is 11.6 Å². The zero-order valence-electron chi connectivity index (χ0n) is 10.4. The fraction of sp³-hybridized carbons (Fsp3) is 0.250. The van der Waals surface area contributed by atoms with E-state index in [9.17, 15) is 8.78 Å². The molecule has 0 bridgehead atoms. The topological polar surface area (TPSA) is 57.1 Å². The van der Waals surface area contributed by atoms with Crippen LogP contribution < -0.4 is 9.47 Å². The Hall–Kier alpha value is -2.02. The van der Waals surface area contributed by atoms with Crippen molar-refractivity contribution < 1.29 is 18.3 Å². The number of hydrogen-bond acceptors (Lipinski definition) is 5. The first kappa shape index (κ1) is 14.4. The Bertz CT molecular complexity index is 613. The second-order valence-electron chi connectivity index (χ2n) is 3.67. The second kappa shape index (κ2) is 6.42. The van der Waals surface area contributed by atoms with Crippen molar-refractivity contribution in [1.82, 2.24) is 15.0 Å². The third kappa shape index (κ3) is 3.51. The van der Waals surface area contributed by atoms with Crippen molar-refractivity contribution in [3.63, 3.8) is 0 Å². The Kier molecular flexibility index (Phi) is 4.62. The second-order valence-corrected chi connectivity index (χ2v) is 4.01. The van der Waals surface area contributed by atoms with Crippen LogP contribution in [0.25, 0.3) is 0 Å². The molecule has 0 aliphatic heterocycles. The van der Waals surface area contributed by atoms with Crippen LogP contribution in [-0.4, -0.2) is 21.6 Å². The molecular formula is C12H10ClF2N3O2. The molecule has 1 aromatic heterocycles. The highest BCUT2D eigenvalue weighted by Gasteiger charge is 2.13. The Balaban J connectivity index is 2.24. The molecule has 2 aromatic rings. The first-order chi connectivity index (χ1) is 9.60. The molecule has 106 valence electrons. The van der Waals surface area contributed by atoms with Crippen LogP contribution in [0.15, 0.2) is 18.2 Å². The van der Waals surface area contributed by atoms with E-state index < -0.39 is 11.6 Å². The molecule has 0 aliphatic carbocycles. The molecule has 1 aromatic carbocycles. The summed E-state index contributed by atoms with van der Waals surface area (Å²) in [6, 6.07) is 3.19. The van der Waals surface area contributed by atoms with Gasteiger partial charge in [0.15, 0.2) is 11.6 Å². The van der Waals surface area contributed by atoms with E-state index in [0.29, 0.717) is 6.61 Å². The summed E-state index contributed by atoms with van der Waals surface area (Å²) in [4.78, 5) is 11.2. The lowest BCUT2D eigenvalue weighted by Gasteiger charge is -2.07. The summed E-state index contributed by atoms with van der Waals surface area (Å²) in [5, 5.41) is -0.169. The fourth-order valence-electron chi connectivity index (χ4n) is 1.28. The molecule has 8 heteroatoms. The summed E-state index contributed by atoms with van der Waals surface area (Å²) in [6.45, 7) is 2.29. The van der Waals surface area contributed by atoms with E-state index in [-0.39, 0.29) is 23.1 Å². The van der Waals surface area contributed by atoms with Crippen LogP contribution in [0, 0.1) is 11.6 Å². The molecular weight excluding hydrogens is 292 g/mol. The molecule has 20 heavy (non-hydrogen) atoms. The highest BCUT2D eigenvalue weighted by molar-refractivity contribution is 6.28. The third-order valence-electron chi connectivity index (χ3n) is 2.12. The minimum Gasteiger partial charge on any atom is -0.463 e. The van der Waals surface area contributed by atoms with Gasteiger partial charge >= 0.3 is 12.0 Å². The van der Waals surface area contributed by atoms with Gasteiger partial charge in [0.05, 0.1) is 6.61 Å². The van der Waals surface area contributed by atoms with E-state index in [1.807, 2.05) is 6.92 Å². The van der Waals surface area contributed by atoms with Gasteiger partial charge in [-0.25, -0.2) is 4.39 Å². The number of halogens is 3. The van der Waals surface area contributed by atoms with Crippen LogP contribution in [0.1, 0.15) is 13.3 Å². The molecule has 0 aliphatic rings. The minimum atomic E-state index is -1.14. The van der Waals surface area contributed by atoms with Crippen molar-refractivity contribution in [2.24, 2.45) is 0 Å². The summed E-state index contributed by atoms with van der Waals surface area (Å²) >= 11 is 5.68. The van der Waals surface area contributed by atoms with Crippen LogP contribution in [0.5, 0.6) is 17.8 Å². The highest BCUT2D eigenvalue weighted by atomic mass is 35.5. The first-order valence-corrected chi connectivity index (χ1v) is 6.14. The molecule has 0 saturated heterocycles. The standard InChI is InChI=1S/C12H10ClF2N3O2/c1-2-6-19-11-16-10(13)17-12(18-11)20-8-5-3-4-7(14)9(8)15/h3-5H,2,6H2,1H3. The van der Waals surface area contributed by atoms with Crippen LogP contribution in [0.2, 0.25) is 5.28 Å². The first-order valence-electron chi connectivity index (χ1n) is 5.76. The Labute approximate surface area is 118 Å². The predicted molar refractivity (Wildman–Crippen MR) is 67.1 cm³/mol. The molecule has 5 nitrogen and oxygen atoms in total. The maximum atomic E-state index is 13.5. The molecule has 1 heterocycles. The quantitative estimate of drug-likeness (QED) is 0.847. The van der Waals surface area contributed by atoms with E-state index in [1.165, 1.54) is 12.1 Å². The van der Waals surface area contributed by atoms with Gasteiger partial charge in [-0.05, 0) is 30.2 Å². The monoisotopic (exact) mass is 301 g/mol. The Morgan fingerprint density at radius 1 is 1.15 bits per heavy atom. The van der Waals surface area contributed by atoms with Crippen LogP contribution in [0.3, 0.4) is 0 Å². The van der Waals surface area contributed by atoms with Crippen molar-refractivity contribution in [3.05, 3.63) is 35.1 Å². The van der Waals surface area contributed by atoms with Gasteiger partial charge in [0, 0.05) is 0 Å². The fourth-order valence-corrected chi connectivity index (χ4v) is 1.42. The molecule has 0 saturated carbocycles. The largest absolute Gasteiger partial charge is 0.463 e. The minimum absolute atomic E-state index is 0.0429. The van der Waals surface area contributed by atoms with E-state index in [1.54, 1.807) is 0 Å². The van der Waals surface area contributed by atoms with Crippen molar-refractivity contribution in [3.8, 4) is 17.8 Å². The maximum Gasteiger partial charge on any atom is 0.329 e. The number of ether oxygens (including phenoxy) is 2. The zero-order valence-corrected chi connectivity index (χ0v) is 11.2. The summed E-state index contributed by atoms with van der Waals surface area (Å²) < 4.78 is 36.7. The predicted octanol–water partition coefficient (Wildman–Crippen LogP) is 3.38. The molecule has 0 radical (unpaired) electrons. The summed E-state index contributed by atoms with van der Waals surface area (Å²) in [7, 11) is 0. The molecule has 0 amide bonds. The number of nitrogens with zero attached hydrogens (tertiary/aromatic N) is 3. The lowest BCUT2D eigenvalue weighted by atomic mass is 10.3. The van der Waals surface area contributed by atoms with E-state index >= 15 is 0 Å². The summed E-state index contributed by atoms with van der Waals surface area (Å²) in [5.41, 5.74) is 0. The van der Waals surface area contributed by atoms with Crippen LogP contribution in [0.4, 0.5) is 8.78 Å². The van der Waals surface area contributed by atoms with Gasteiger partial charge in [0.2, 0.25) is 11.1 Å². The smallest absolute Gasteiger partial charge is 0.329 e. The maximum absolute atomic E-state index is 13.5. The lowest BCUT2D eigenvalue weighted by Crippen LogP contribution is -2.03.